The number of benzene rings is 2. The monoisotopic (exact) mass is 311 g/mol. The Kier molecular flexibility index (Phi) is 4.02. The third-order valence-corrected chi connectivity index (χ3v) is 4.09. The average Bonchev–Trinajstić information content (AvgIpc) is 2.60. The van der Waals surface area contributed by atoms with Crippen LogP contribution < -0.4 is 9.47 Å². The van der Waals surface area contributed by atoms with E-state index < -0.39 is 0 Å². The van der Waals surface area contributed by atoms with Crippen molar-refractivity contribution in [3.05, 3.63) is 63.2 Å². The summed E-state index contributed by atoms with van der Waals surface area (Å²) in [6.45, 7) is 0. The molecule has 3 rings (SSSR count). The minimum absolute atomic E-state index is 0.0712. The second kappa shape index (κ2) is 6.12. The van der Waals surface area contributed by atoms with Crippen LogP contribution in [0.15, 0.2) is 36.4 Å². The Labute approximate surface area is 134 Å². The van der Waals surface area contributed by atoms with Gasteiger partial charge in [0.25, 0.3) is 5.69 Å². The number of methoxy groups -OCH3 is 2. The fourth-order valence-corrected chi connectivity index (χ4v) is 2.86. The topological polar surface area (TPSA) is 61.6 Å². The molecule has 2 aromatic carbocycles. The lowest BCUT2D eigenvalue weighted by atomic mass is 9.88. The number of allylic oxidation sites excluding steroid dienone is 1. The second-order valence-corrected chi connectivity index (χ2v) is 5.37. The molecule has 0 unspecified atom stereocenters. The fourth-order valence-electron chi connectivity index (χ4n) is 2.86. The van der Waals surface area contributed by atoms with Crippen LogP contribution in [0, 0.1) is 10.1 Å². The summed E-state index contributed by atoms with van der Waals surface area (Å²) in [5.74, 6) is 1.27. The minimum atomic E-state index is -0.361. The van der Waals surface area contributed by atoms with Crippen molar-refractivity contribution in [2.45, 2.75) is 12.8 Å². The molecule has 0 saturated heterocycles. The lowest BCUT2D eigenvalue weighted by molar-refractivity contribution is -0.385. The van der Waals surface area contributed by atoms with Gasteiger partial charge in [0, 0.05) is 0 Å². The van der Waals surface area contributed by atoms with Gasteiger partial charge in [-0.1, -0.05) is 12.1 Å². The van der Waals surface area contributed by atoms with Crippen LogP contribution >= 0.6 is 0 Å². The number of nitro benzene ring substituents is 1. The predicted molar refractivity (Wildman–Crippen MR) is 88.8 cm³/mol. The summed E-state index contributed by atoms with van der Waals surface area (Å²) in [4.78, 5) is 11.0. The highest BCUT2D eigenvalue weighted by atomic mass is 16.6. The van der Waals surface area contributed by atoms with E-state index in [4.69, 9.17) is 9.47 Å². The van der Waals surface area contributed by atoms with E-state index in [-0.39, 0.29) is 10.6 Å². The van der Waals surface area contributed by atoms with E-state index in [0.717, 1.165) is 29.7 Å². The zero-order valence-electron chi connectivity index (χ0n) is 13.0. The molecule has 0 radical (unpaired) electrons. The first-order valence-corrected chi connectivity index (χ1v) is 7.32. The maximum absolute atomic E-state index is 11.4. The molecule has 5 heteroatoms. The fraction of sp³-hybridized carbons (Fsp3) is 0.222. The van der Waals surface area contributed by atoms with E-state index in [2.05, 4.69) is 0 Å². The van der Waals surface area contributed by atoms with Crippen LogP contribution in [-0.2, 0) is 6.42 Å². The van der Waals surface area contributed by atoms with Crippen LogP contribution in [0.25, 0.3) is 11.6 Å². The van der Waals surface area contributed by atoms with Gasteiger partial charge in [-0.25, -0.2) is 0 Å². The zero-order chi connectivity index (χ0) is 16.4. The molecule has 0 aliphatic heterocycles. The van der Waals surface area contributed by atoms with Gasteiger partial charge in [-0.15, -0.1) is 0 Å². The first-order valence-electron chi connectivity index (χ1n) is 7.32. The molecule has 2 aromatic rings. The highest BCUT2D eigenvalue weighted by molar-refractivity contribution is 5.88. The maximum atomic E-state index is 11.4. The molecule has 0 saturated carbocycles. The number of hydrogen-bond acceptors (Lipinski definition) is 4. The third kappa shape index (κ3) is 2.90. The van der Waals surface area contributed by atoms with Crippen LogP contribution in [0.2, 0.25) is 0 Å². The molecule has 0 aromatic heterocycles. The molecule has 118 valence electrons. The Hall–Kier alpha value is -2.82. The van der Waals surface area contributed by atoms with E-state index in [9.17, 15) is 10.1 Å². The first-order chi connectivity index (χ1) is 11.1. The predicted octanol–water partition coefficient (Wildman–Crippen LogP) is 4.10. The summed E-state index contributed by atoms with van der Waals surface area (Å²) in [5.41, 5.74) is 3.95. The van der Waals surface area contributed by atoms with Crippen LogP contribution in [0.1, 0.15) is 23.1 Å². The summed E-state index contributed by atoms with van der Waals surface area (Å²) in [6.07, 6.45) is 3.64. The number of fused-ring (bicyclic) bond motifs is 1. The van der Waals surface area contributed by atoms with E-state index in [1.54, 1.807) is 19.2 Å². The average molecular weight is 311 g/mol. The maximum Gasteiger partial charge on any atom is 0.280 e. The van der Waals surface area contributed by atoms with Crippen molar-refractivity contribution in [2.24, 2.45) is 0 Å². The van der Waals surface area contributed by atoms with Crippen molar-refractivity contribution in [1.82, 2.24) is 0 Å². The van der Waals surface area contributed by atoms with Crippen molar-refractivity contribution < 1.29 is 14.4 Å². The quantitative estimate of drug-likeness (QED) is 0.630. The molecule has 0 fully saturated rings. The first kappa shape index (κ1) is 15.1. The smallest absolute Gasteiger partial charge is 0.280 e. The van der Waals surface area contributed by atoms with Gasteiger partial charge in [0.15, 0.2) is 0 Å². The Morgan fingerprint density at radius 2 is 1.70 bits per heavy atom. The molecule has 23 heavy (non-hydrogen) atoms. The minimum Gasteiger partial charge on any atom is -0.497 e. The van der Waals surface area contributed by atoms with Crippen molar-refractivity contribution in [1.29, 1.82) is 0 Å². The summed E-state index contributed by atoms with van der Waals surface area (Å²) >= 11 is 0. The van der Waals surface area contributed by atoms with Gasteiger partial charge in [0.2, 0.25) is 0 Å². The zero-order valence-corrected chi connectivity index (χ0v) is 13.0. The molecule has 0 heterocycles. The highest BCUT2D eigenvalue weighted by Gasteiger charge is 2.21. The van der Waals surface area contributed by atoms with E-state index in [0.29, 0.717) is 11.3 Å². The molecule has 0 N–H and O–H groups in total. The lowest BCUT2D eigenvalue weighted by Gasteiger charge is -2.18. The lowest BCUT2D eigenvalue weighted by Crippen LogP contribution is -2.02. The summed E-state index contributed by atoms with van der Waals surface area (Å²) in [5, 5.41) is 11.4. The second-order valence-electron chi connectivity index (χ2n) is 5.37. The highest BCUT2D eigenvalue weighted by Crippen LogP contribution is 2.37. The van der Waals surface area contributed by atoms with Crippen LogP contribution in [-0.4, -0.2) is 19.1 Å². The van der Waals surface area contributed by atoms with Crippen molar-refractivity contribution >= 4 is 17.3 Å². The number of nitrogens with zero attached hydrogens (tertiary/aromatic N) is 1. The third-order valence-electron chi connectivity index (χ3n) is 4.09. The van der Waals surface area contributed by atoms with Crippen molar-refractivity contribution in [3.8, 4) is 11.5 Å². The molecule has 1 aliphatic rings. The Morgan fingerprint density at radius 1 is 1.00 bits per heavy atom. The van der Waals surface area contributed by atoms with Crippen LogP contribution in [0.4, 0.5) is 5.69 Å². The largest absolute Gasteiger partial charge is 0.497 e. The Bertz CT molecular complexity index is 796. The van der Waals surface area contributed by atoms with Gasteiger partial charge in [-0.3, -0.25) is 10.1 Å². The number of ether oxygens (including phenoxy) is 2. The van der Waals surface area contributed by atoms with Crippen LogP contribution in [0.5, 0.6) is 11.5 Å². The van der Waals surface area contributed by atoms with E-state index in [1.165, 1.54) is 18.7 Å². The number of rotatable bonds is 4. The van der Waals surface area contributed by atoms with Gasteiger partial charge in [-0.2, -0.15) is 0 Å². The summed E-state index contributed by atoms with van der Waals surface area (Å²) in [6, 6.07) is 10.9. The Balaban J connectivity index is 2.08. The molecule has 0 atom stereocenters. The molecule has 5 nitrogen and oxygen atoms in total. The molecule has 0 spiro atoms. The molecular formula is C18H17NO4. The van der Waals surface area contributed by atoms with Gasteiger partial charge in [0.1, 0.15) is 11.5 Å². The van der Waals surface area contributed by atoms with Gasteiger partial charge in [0.05, 0.1) is 30.8 Å². The van der Waals surface area contributed by atoms with Gasteiger partial charge in [-0.05, 0) is 53.8 Å². The summed E-state index contributed by atoms with van der Waals surface area (Å²) in [7, 11) is 3.13. The van der Waals surface area contributed by atoms with E-state index >= 15 is 0 Å². The molecule has 0 amide bonds. The molecule has 1 aliphatic carbocycles. The summed E-state index contributed by atoms with van der Waals surface area (Å²) < 4.78 is 10.4. The standard InChI is InChI=1S/C18H17NO4/c1-22-15-6-5-12-3-4-13(9-14(12)10-15)17-8-7-16(23-2)11-18(17)19(20)21/h5-11H,3-4H2,1-2H3. The number of nitro groups is 1. The van der Waals surface area contributed by atoms with Gasteiger partial charge >= 0.3 is 0 Å². The molecular weight excluding hydrogens is 294 g/mol. The van der Waals surface area contributed by atoms with E-state index in [1.807, 2.05) is 24.3 Å². The number of aryl methyl sites for hydroxylation is 1. The Morgan fingerprint density at radius 3 is 2.39 bits per heavy atom. The normalized spacial score (nSPS) is 13.0. The van der Waals surface area contributed by atoms with Crippen molar-refractivity contribution in [3.63, 3.8) is 0 Å². The molecule has 0 bridgehead atoms. The van der Waals surface area contributed by atoms with Crippen LogP contribution in [0.3, 0.4) is 0 Å². The SMILES string of the molecule is COc1ccc2c(c1)C=C(c1ccc(OC)cc1[N+](=O)[O-])CC2. The van der Waals surface area contributed by atoms with Gasteiger partial charge < -0.3 is 9.47 Å². The number of hydrogen-bond donors (Lipinski definition) is 0. The van der Waals surface area contributed by atoms with Crippen molar-refractivity contribution in [2.75, 3.05) is 14.2 Å².